The van der Waals surface area contributed by atoms with E-state index in [1.165, 1.54) is 18.5 Å². The fourth-order valence-electron chi connectivity index (χ4n) is 6.13. The molecule has 53 heavy (non-hydrogen) atoms. The van der Waals surface area contributed by atoms with E-state index in [0.717, 1.165) is 17.7 Å². The Labute approximate surface area is 303 Å². The van der Waals surface area contributed by atoms with Crippen molar-refractivity contribution in [3.63, 3.8) is 0 Å². The van der Waals surface area contributed by atoms with E-state index in [4.69, 9.17) is 24.2 Å². The minimum Gasteiger partial charge on any atom is -0.497 e. The molecule has 2 aromatic carbocycles. The quantitative estimate of drug-likeness (QED) is 0.0639. The standard InChI is InChI=1S/C35H40F4N10O3Si/c1-50-25-7-5-23(6-8-25)19-46(21-29-42-31-28(10-9-27(36)30(31)37)47(29)22-52-15-16-53(2,3)4)35-44-34(45-11-13-51-14-12-45)43-32-26(18-41-49(32)35)24-17-40-48(20-24)33(38)39/h5-10,17-18,20,33H,11-16,19,21-22H2,1-4H3/p+1. The number of hydrogen-bond acceptors (Lipinski definition) is 9. The number of nitrogens with zero attached hydrogens (tertiary/aromatic N) is 9. The van der Waals surface area contributed by atoms with Crippen molar-refractivity contribution >= 4 is 36.7 Å². The van der Waals surface area contributed by atoms with Crippen molar-refractivity contribution in [1.82, 2.24) is 34.3 Å². The first-order chi connectivity index (χ1) is 25.5. The molecule has 280 valence electrons. The number of H-pyrrole nitrogens is 1. The highest BCUT2D eigenvalue weighted by atomic mass is 28.3. The molecule has 18 heteroatoms. The van der Waals surface area contributed by atoms with Crippen LogP contribution < -0.4 is 19.1 Å². The fourth-order valence-corrected chi connectivity index (χ4v) is 6.88. The Morgan fingerprint density at radius 2 is 1.77 bits per heavy atom. The van der Waals surface area contributed by atoms with Crippen LogP contribution in [0.15, 0.2) is 55.0 Å². The molecule has 5 heterocycles. The second-order valence-electron chi connectivity index (χ2n) is 14.0. The summed E-state index contributed by atoms with van der Waals surface area (Å²) in [6.07, 6.45) is 4.14. The molecule has 0 spiro atoms. The molecule has 0 atom stereocenters. The molecule has 1 N–H and O–H groups in total. The van der Waals surface area contributed by atoms with Gasteiger partial charge in [0.25, 0.3) is 5.82 Å². The number of halogens is 4. The van der Waals surface area contributed by atoms with Crippen molar-refractivity contribution in [2.75, 3.05) is 49.8 Å². The number of alkyl halides is 2. The first-order valence-corrected chi connectivity index (χ1v) is 20.9. The van der Waals surface area contributed by atoms with Crippen LogP contribution in [-0.2, 0) is 29.3 Å². The number of hydrogen-bond donors (Lipinski definition) is 1. The van der Waals surface area contributed by atoms with E-state index in [-0.39, 0.29) is 18.8 Å². The number of aromatic nitrogens is 8. The molecule has 1 fully saturated rings. The predicted octanol–water partition coefficient (Wildman–Crippen LogP) is 5.79. The van der Waals surface area contributed by atoms with E-state index in [9.17, 15) is 13.2 Å². The van der Waals surface area contributed by atoms with Crippen LogP contribution in [0.1, 0.15) is 17.9 Å². The van der Waals surface area contributed by atoms with E-state index >= 15 is 4.39 Å². The molecule has 1 aliphatic heterocycles. The molecule has 0 bridgehead atoms. The van der Waals surface area contributed by atoms with Crippen molar-refractivity contribution in [2.24, 2.45) is 0 Å². The molecule has 1 aliphatic rings. The topological polar surface area (TPSA) is 115 Å². The van der Waals surface area contributed by atoms with Crippen molar-refractivity contribution in [1.29, 1.82) is 0 Å². The minimum atomic E-state index is -2.82. The van der Waals surface area contributed by atoms with Gasteiger partial charge < -0.3 is 24.0 Å². The summed E-state index contributed by atoms with van der Waals surface area (Å²) in [4.78, 5) is 17.0. The Morgan fingerprint density at radius 3 is 2.47 bits per heavy atom. The maximum atomic E-state index is 15.3. The lowest BCUT2D eigenvalue weighted by atomic mass is 10.2. The largest absolute Gasteiger partial charge is 0.497 e. The van der Waals surface area contributed by atoms with E-state index in [2.05, 4.69) is 34.8 Å². The van der Waals surface area contributed by atoms with E-state index in [0.29, 0.717) is 89.9 Å². The Kier molecular flexibility index (Phi) is 10.3. The van der Waals surface area contributed by atoms with Gasteiger partial charge in [0.15, 0.2) is 23.7 Å². The molecule has 0 amide bonds. The highest BCUT2D eigenvalue weighted by Crippen LogP contribution is 2.30. The number of rotatable bonds is 14. The van der Waals surface area contributed by atoms with Crippen LogP contribution in [0.2, 0.25) is 25.7 Å². The van der Waals surface area contributed by atoms with Crippen molar-refractivity contribution in [3.8, 4) is 16.9 Å². The van der Waals surface area contributed by atoms with E-state index < -0.39 is 26.3 Å². The van der Waals surface area contributed by atoms with E-state index in [1.54, 1.807) is 22.4 Å². The number of imidazole rings is 1. The summed E-state index contributed by atoms with van der Waals surface area (Å²) in [6, 6.07) is 11.1. The van der Waals surface area contributed by atoms with Crippen LogP contribution in [-0.4, -0.2) is 82.4 Å². The lowest BCUT2D eigenvalue weighted by molar-refractivity contribution is -0.715. The normalized spacial score (nSPS) is 13.9. The van der Waals surface area contributed by atoms with Gasteiger partial charge in [-0.05, 0) is 35.9 Å². The Morgan fingerprint density at radius 1 is 1.00 bits per heavy atom. The summed E-state index contributed by atoms with van der Waals surface area (Å²) in [5.74, 6) is 0.00534. The molecular formula is C35H41F4N10O3Si+. The lowest BCUT2D eigenvalue weighted by Crippen LogP contribution is -2.42. The van der Waals surface area contributed by atoms with Gasteiger partial charge in [-0.2, -0.15) is 37.9 Å². The van der Waals surface area contributed by atoms with Gasteiger partial charge in [0, 0.05) is 51.6 Å². The van der Waals surface area contributed by atoms with Crippen LogP contribution in [0.3, 0.4) is 0 Å². The van der Waals surface area contributed by atoms with Gasteiger partial charge in [0.05, 0.1) is 32.7 Å². The lowest BCUT2D eigenvalue weighted by Gasteiger charge is -2.29. The third-order valence-corrected chi connectivity index (χ3v) is 10.8. The van der Waals surface area contributed by atoms with Crippen molar-refractivity contribution in [3.05, 3.63) is 78.0 Å². The van der Waals surface area contributed by atoms with Crippen LogP contribution in [0, 0.1) is 11.6 Å². The Hall–Kier alpha value is -5.07. The second kappa shape index (κ2) is 15.1. The van der Waals surface area contributed by atoms with Gasteiger partial charge in [-0.1, -0.05) is 31.8 Å². The highest BCUT2D eigenvalue weighted by Gasteiger charge is 2.29. The average molecular weight is 754 g/mol. The van der Waals surface area contributed by atoms with Crippen molar-refractivity contribution in [2.45, 2.75) is 52.1 Å². The SMILES string of the molecule is COc1ccc(CN(Cc2[nH]c3c(F)c(F)ccc3[n+]2COCC[Si](C)(C)C)c2nc(N3CCOCC3)nc3c(-c4cnn(C(F)F)c4)cnn23)cc1. The number of nitrogens with one attached hydrogen (secondary N) is 1. The zero-order valence-corrected chi connectivity index (χ0v) is 30.9. The van der Waals surface area contributed by atoms with Crippen LogP contribution in [0.25, 0.3) is 27.8 Å². The van der Waals surface area contributed by atoms with Gasteiger partial charge in [0.2, 0.25) is 23.2 Å². The number of aromatic amines is 1. The minimum absolute atomic E-state index is 0.0115. The summed E-state index contributed by atoms with van der Waals surface area (Å²) in [5, 5.41) is 8.48. The average Bonchev–Trinajstić information content (AvgIpc) is 3.89. The maximum Gasteiger partial charge on any atom is 0.333 e. The molecule has 13 nitrogen and oxygen atoms in total. The monoisotopic (exact) mass is 753 g/mol. The molecular weight excluding hydrogens is 713 g/mol. The zero-order chi connectivity index (χ0) is 37.3. The summed E-state index contributed by atoms with van der Waals surface area (Å²) in [6.45, 7) is 6.99. The van der Waals surface area contributed by atoms with Crippen LogP contribution in [0.4, 0.5) is 29.5 Å². The molecule has 0 aliphatic carbocycles. The Balaban J connectivity index is 1.37. The molecule has 4 aromatic heterocycles. The molecule has 7 rings (SSSR count). The highest BCUT2D eigenvalue weighted by molar-refractivity contribution is 6.76. The molecule has 0 saturated carbocycles. The third-order valence-electron chi connectivity index (χ3n) is 9.08. The zero-order valence-electron chi connectivity index (χ0n) is 29.9. The molecule has 0 unspecified atom stereocenters. The summed E-state index contributed by atoms with van der Waals surface area (Å²) >= 11 is 0. The number of fused-ring (bicyclic) bond motifs is 2. The van der Waals surface area contributed by atoms with Gasteiger partial charge in [-0.25, -0.2) is 18.6 Å². The van der Waals surface area contributed by atoms with Gasteiger partial charge in [-0.3, -0.25) is 0 Å². The first kappa shape index (κ1) is 36.3. The molecule has 1 saturated heterocycles. The molecule has 6 aromatic rings. The first-order valence-electron chi connectivity index (χ1n) is 17.2. The predicted molar refractivity (Wildman–Crippen MR) is 192 cm³/mol. The number of morpholine rings is 1. The summed E-state index contributed by atoms with van der Waals surface area (Å²) in [7, 11) is 0.189. The van der Waals surface area contributed by atoms with Gasteiger partial charge in [-0.15, -0.1) is 0 Å². The number of anilines is 2. The summed E-state index contributed by atoms with van der Waals surface area (Å²) < 4.78 is 78.0. The van der Waals surface area contributed by atoms with Gasteiger partial charge >= 0.3 is 6.55 Å². The van der Waals surface area contributed by atoms with Crippen molar-refractivity contribution < 1.29 is 36.3 Å². The third kappa shape index (κ3) is 7.84. The summed E-state index contributed by atoms with van der Waals surface area (Å²) in [5.41, 5.74) is 2.60. The number of ether oxygens (including phenoxy) is 3. The van der Waals surface area contributed by atoms with Crippen LogP contribution >= 0.6 is 0 Å². The smallest absolute Gasteiger partial charge is 0.333 e. The number of methoxy groups -OCH3 is 1. The van der Waals surface area contributed by atoms with Gasteiger partial charge in [0.1, 0.15) is 12.3 Å². The molecule has 0 radical (unpaired) electrons. The van der Waals surface area contributed by atoms with E-state index in [1.807, 2.05) is 34.1 Å². The second-order valence-corrected chi connectivity index (χ2v) is 19.6. The number of benzene rings is 2. The fraction of sp³-hybridized carbons (Fsp3) is 0.400. The van der Waals surface area contributed by atoms with Crippen LogP contribution in [0.5, 0.6) is 5.75 Å². The maximum absolute atomic E-state index is 15.3. The Bertz CT molecular complexity index is 2200.